The first kappa shape index (κ1) is 20.6. The van der Waals surface area contributed by atoms with Gasteiger partial charge in [-0.2, -0.15) is 5.10 Å². The third kappa shape index (κ3) is 4.91. The number of aliphatic hydroxyl groups excluding tert-OH is 1. The molecule has 146 valence electrons. The van der Waals surface area contributed by atoms with Gasteiger partial charge in [0.25, 0.3) is 5.91 Å². The SMILES string of the molecule is CCCCN(CCO)C(=O)c1ccc(Cn2nc(C)c([N+](=O)[O-])c2C)cc1. The van der Waals surface area contributed by atoms with Crippen LogP contribution in [0.15, 0.2) is 24.3 Å². The smallest absolute Gasteiger partial charge is 0.312 e. The molecule has 27 heavy (non-hydrogen) atoms. The molecule has 0 bridgehead atoms. The lowest BCUT2D eigenvalue weighted by Gasteiger charge is -2.21. The molecule has 1 amide bonds. The van der Waals surface area contributed by atoms with E-state index in [1.165, 1.54) is 0 Å². The van der Waals surface area contributed by atoms with Gasteiger partial charge in [-0.05, 0) is 38.0 Å². The Bertz CT molecular complexity index is 799. The zero-order valence-electron chi connectivity index (χ0n) is 16.0. The molecule has 0 aliphatic heterocycles. The zero-order chi connectivity index (χ0) is 20.0. The van der Waals surface area contributed by atoms with Gasteiger partial charge in [0.15, 0.2) is 0 Å². The molecule has 0 fully saturated rings. The Hall–Kier alpha value is -2.74. The normalized spacial score (nSPS) is 10.8. The molecule has 0 radical (unpaired) electrons. The summed E-state index contributed by atoms with van der Waals surface area (Å²) in [6.45, 7) is 6.62. The van der Waals surface area contributed by atoms with Crippen molar-refractivity contribution in [3.8, 4) is 0 Å². The van der Waals surface area contributed by atoms with E-state index in [-0.39, 0.29) is 18.2 Å². The summed E-state index contributed by atoms with van der Waals surface area (Å²) in [6.07, 6.45) is 1.86. The molecule has 8 nitrogen and oxygen atoms in total. The zero-order valence-corrected chi connectivity index (χ0v) is 16.0. The molecule has 1 heterocycles. The molecule has 0 atom stereocenters. The fourth-order valence-electron chi connectivity index (χ4n) is 3.00. The minimum Gasteiger partial charge on any atom is -0.395 e. The molecule has 1 aromatic heterocycles. The van der Waals surface area contributed by atoms with Crippen LogP contribution in [0.1, 0.15) is 47.1 Å². The molecule has 0 saturated carbocycles. The van der Waals surface area contributed by atoms with Gasteiger partial charge < -0.3 is 10.0 Å². The van der Waals surface area contributed by atoms with Crippen LogP contribution in [0, 0.1) is 24.0 Å². The fraction of sp³-hybridized carbons (Fsp3) is 0.474. The number of hydrogen-bond donors (Lipinski definition) is 1. The predicted octanol–water partition coefficient (Wildman–Crippen LogP) is 2.69. The lowest BCUT2D eigenvalue weighted by atomic mass is 10.1. The van der Waals surface area contributed by atoms with Crippen molar-refractivity contribution >= 4 is 11.6 Å². The number of unbranched alkanes of at least 4 members (excludes halogenated alkanes) is 1. The molecule has 0 spiro atoms. The summed E-state index contributed by atoms with van der Waals surface area (Å²) in [5, 5.41) is 24.5. The number of amides is 1. The van der Waals surface area contributed by atoms with Gasteiger partial charge in [0.2, 0.25) is 0 Å². The second-order valence-corrected chi connectivity index (χ2v) is 6.50. The van der Waals surface area contributed by atoms with Crippen LogP contribution in [0.25, 0.3) is 0 Å². The standard InChI is InChI=1S/C19H26N4O4/c1-4-5-10-21(11-12-24)19(25)17-8-6-16(7-9-17)13-22-15(3)18(23(26)27)14(2)20-22/h6-9,24H,4-5,10-13H2,1-3H3. The molecule has 2 rings (SSSR count). The lowest BCUT2D eigenvalue weighted by Crippen LogP contribution is -2.34. The summed E-state index contributed by atoms with van der Waals surface area (Å²) in [6, 6.07) is 7.14. The van der Waals surface area contributed by atoms with Gasteiger partial charge in [0.05, 0.1) is 18.1 Å². The number of aromatic nitrogens is 2. The first-order chi connectivity index (χ1) is 12.9. The average Bonchev–Trinajstić information content (AvgIpc) is 2.92. The molecule has 0 unspecified atom stereocenters. The highest BCUT2D eigenvalue weighted by molar-refractivity contribution is 5.94. The molecule has 2 aromatic rings. The minimum absolute atomic E-state index is 0.0392. The molecule has 0 aliphatic carbocycles. The molecular weight excluding hydrogens is 348 g/mol. The van der Waals surface area contributed by atoms with E-state index in [4.69, 9.17) is 0 Å². The van der Waals surface area contributed by atoms with Crippen molar-refractivity contribution in [2.75, 3.05) is 19.7 Å². The number of carbonyl (C=O) groups is 1. The van der Waals surface area contributed by atoms with Gasteiger partial charge in [0.1, 0.15) is 11.4 Å². The van der Waals surface area contributed by atoms with Crippen LogP contribution in [0.3, 0.4) is 0 Å². The predicted molar refractivity (Wildman–Crippen MR) is 102 cm³/mol. The number of benzene rings is 1. The van der Waals surface area contributed by atoms with Gasteiger partial charge in [0, 0.05) is 18.7 Å². The lowest BCUT2D eigenvalue weighted by molar-refractivity contribution is -0.386. The van der Waals surface area contributed by atoms with Crippen LogP contribution in [0.5, 0.6) is 0 Å². The summed E-state index contributed by atoms with van der Waals surface area (Å²) in [7, 11) is 0. The maximum Gasteiger partial charge on any atom is 0.312 e. The number of nitro groups is 1. The summed E-state index contributed by atoms with van der Waals surface area (Å²) < 4.78 is 1.60. The van der Waals surface area contributed by atoms with Crippen molar-refractivity contribution in [2.24, 2.45) is 0 Å². The molecule has 0 aliphatic rings. The van der Waals surface area contributed by atoms with Crippen molar-refractivity contribution in [3.05, 3.63) is 56.9 Å². The van der Waals surface area contributed by atoms with Gasteiger partial charge in [-0.1, -0.05) is 25.5 Å². The van der Waals surface area contributed by atoms with Crippen LogP contribution >= 0.6 is 0 Å². The quantitative estimate of drug-likeness (QED) is 0.537. The van der Waals surface area contributed by atoms with Gasteiger partial charge in [-0.25, -0.2) is 0 Å². The van der Waals surface area contributed by atoms with Crippen LogP contribution in [-0.4, -0.2) is 50.3 Å². The van der Waals surface area contributed by atoms with Gasteiger partial charge in [-0.3, -0.25) is 19.6 Å². The Labute approximate surface area is 158 Å². The minimum atomic E-state index is -0.415. The fourth-order valence-corrected chi connectivity index (χ4v) is 3.00. The first-order valence-corrected chi connectivity index (χ1v) is 9.06. The topological polar surface area (TPSA) is 102 Å². The highest BCUT2D eigenvalue weighted by atomic mass is 16.6. The van der Waals surface area contributed by atoms with E-state index in [1.807, 2.05) is 12.1 Å². The number of nitrogens with zero attached hydrogens (tertiary/aromatic N) is 4. The second-order valence-electron chi connectivity index (χ2n) is 6.50. The van der Waals surface area contributed by atoms with E-state index < -0.39 is 4.92 Å². The number of aryl methyl sites for hydroxylation is 1. The van der Waals surface area contributed by atoms with Crippen molar-refractivity contribution in [2.45, 2.75) is 40.2 Å². The molecule has 0 saturated heterocycles. The van der Waals surface area contributed by atoms with E-state index in [0.29, 0.717) is 36.6 Å². The van der Waals surface area contributed by atoms with Crippen molar-refractivity contribution < 1.29 is 14.8 Å². The number of aliphatic hydroxyl groups is 1. The van der Waals surface area contributed by atoms with Crippen molar-refractivity contribution in [3.63, 3.8) is 0 Å². The van der Waals surface area contributed by atoms with Gasteiger partial charge >= 0.3 is 5.69 Å². The largest absolute Gasteiger partial charge is 0.395 e. The van der Waals surface area contributed by atoms with Crippen LogP contribution in [0.4, 0.5) is 5.69 Å². The Kier molecular flexibility index (Phi) is 7.06. The summed E-state index contributed by atoms with van der Waals surface area (Å²) in [4.78, 5) is 25.0. The maximum absolute atomic E-state index is 12.6. The van der Waals surface area contributed by atoms with E-state index in [0.717, 1.165) is 18.4 Å². The number of hydrogen-bond acceptors (Lipinski definition) is 5. The van der Waals surface area contributed by atoms with E-state index in [1.54, 1.807) is 35.6 Å². The van der Waals surface area contributed by atoms with Crippen LogP contribution < -0.4 is 0 Å². The van der Waals surface area contributed by atoms with E-state index in [2.05, 4.69) is 12.0 Å². The van der Waals surface area contributed by atoms with Crippen molar-refractivity contribution in [1.29, 1.82) is 0 Å². The third-order valence-corrected chi connectivity index (χ3v) is 4.50. The highest BCUT2D eigenvalue weighted by Gasteiger charge is 2.22. The van der Waals surface area contributed by atoms with Crippen LogP contribution in [-0.2, 0) is 6.54 Å². The Morgan fingerprint density at radius 2 is 1.93 bits per heavy atom. The molecular formula is C19H26N4O4. The first-order valence-electron chi connectivity index (χ1n) is 9.06. The average molecular weight is 374 g/mol. The molecule has 8 heteroatoms. The highest BCUT2D eigenvalue weighted by Crippen LogP contribution is 2.22. The Morgan fingerprint density at radius 1 is 1.26 bits per heavy atom. The van der Waals surface area contributed by atoms with Gasteiger partial charge in [-0.15, -0.1) is 0 Å². The molecule has 1 aromatic carbocycles. The second kappa shape index (κ2) is 9.27. The monoisotopic (exact) mass is 374 g/mol. The number of rotatable bonds is 9. The summed E-state index contributed by atoms with van der Waals surface area (Å²) >= 11 is 0. The Balaban J connectivity index is 2.14. The maximum atomic E-state index is 12.6. The Morgan fingerprint density at radius 3 is 2.44 bits per heavy atom. The van der Waals surface area contributed by atoms with E-state index in [9.17, 15) is 20.0 Å². The number of carbonyl (C=O) groups excluding carboxylic acids is 1. The third-order valence-electron chi connectivity index (χ3n) is 4.50. The van der Waals surface area contributed by atoms with E-state index >= 15 is 0 Å². The summed E-state index contributed by atoms with van der Waals surface area (Å²) in [5.41, 5.74) is 2.39. The van der Waals surface area contributed by atoms with Crippen molar-refractivity contribution in [1.82, 2.24) is 14.7 Å². The van der Waals surface area contributed by atoms with Crippen LogP contribution in [0.2, 0.25) is 0 Å². The summed E-state index contributed by atoms with van der Waals surface area (Å²) in [5.74, 6) is -0.106. The molecule has 1 N–H and O–H groups in total.